The number of allylic oxidation sites excluding steroid dienone is 1. The summed E-state index contributed by atoms with van der Waals surface area (Å²) < 4.78 is 39.1. The van der Waals surface area contributed by atoms with Crippen LogP contribution in [0.3, 0.4) is 0 Å². The fourth-order valence-electron chi connectivity index (χ4n) is 17.2. The Morgan fingerprint density at radius 1 is 0.460 bits per heavy atom. The average molecular weight is 1710 g/mol. The van der Waals surface area contributed by atoms with Gasteiger partial charge in [-0.2, -0.15) is 0 Å². The molecule has 1 aromatic carbocycles. The van der Waals surface area contributed by atoms with E-state index in [1.54, 1.807) is 6.07 Å². The molecule has 4 saturated carbocycles. The van der Waals surface area contributed by atoms with Crippen LogP contribution in [0.25, 0.3) is 55.8 Å². The van der Waals surface area contributed by atoms with E-state index < -0.39 is 0 Å². The van der Waals surface area contributed by atoms with Gasteiger partial charge < -0.3 is 29.0 Å². The maximum Gasteiger partial charge on any atom is 0.231 e. The largest absolute Gasteiger partial charge is 0.379 e. The number of anilines is 5. The third kappa shape index (κ3) is 22.4. The summed E-state index contributed by atoms with van der Waals surface area (Å²) in [7, 11) is 0. The number of ether oxygens (including phenoxy) is 5. The number of hydrogen-bond donors (Lipinski definition) is 5. The molecule has 4 saturated heterocycles. The molecule has 4 aliphatic carbocycles. The lowest BCUT2D eigenvalue weighted by Gasteiger charge is -2.30. The molecule has 5 atom stereocenters. The molecular formula is C94H123ClN20O9. The van der Waals surface area contributed by atoms with E-state index in [4.69, 9.17) is 45.3 Å². The van der Waals surface area contributed by atoms with Crippen molar-refractivity contribution in [2.24, 2.45) is 11.3 Å². The van der Waals surface area contributed by atoms with E-state index in [-0.39, 0.29) is 65.4 Å². The molecule has 30 heteroatoms. The quantitative estimate of drug-likeness (QED) is 0.0371. The van der Waals surface area contributed by atoms with Gasteiger partial charge in [-0.3, -0.25) is 63.3 Å². The lowest BCUT2D eigenvalue weighted by Crippen LogP contribution is -2.27. The highest BCUT2D eigenvalue weighted by atomic mass is 35.5. The van der Waals surface area contributed by atoms with Crippen LogP contribution in [-0.2, 0) is 49.3 Å². The van der Waals surface area contributed by atoms with Crippen molar-refractivity contribution in [1.82, 2.24) is 72.7 Å². The number of carbonyl (C=O) groups is 4. The van der Waals surface area contributed by atoms with Crippen LogP contribution < -0.4 is 26.6 Å². The summed E-state index contributed by atoms with van der Waals surface area (Å²) >= 11 is 6.06. The van der Waals surface area contributed by atoms with Gasteiger partial charge in [-0.15, -0.1) is 0 Å². The van der Waals surface area contributed by atoms with Gasteiger partial charge in [0.05, 0.1) is 81.7 Å². The fraction of sp³-hybridized carbons (Fsp3) is 0.553. The van der Waals surface area contributed by atoms with Gasteiger partial charge in [-0.1, -0.05) is 88.0 Å². The van der Waals surface area contributed by atoms with Crippen LogP contribution in [0.15, 0.2) is 97.2 Å². The lowest BCUT2D eigenvalue weighted by atomic mass is 9.82. The first-order valence-electron chi connectivity index (χ1n) is 44.9. The molecule has 8 fully saturated rings. The summed E-state index contributed by atoms with van der Waals surface area (Å²) in [6.45, 7) is 29.8. The summed E-state index contributed by atoms with van der Waals surface area (Å²) in [6.07, 6.45) is 24.9. The first-order valence-corrected chi connectivity index (χ1v) is 45.3. The third-order valence-corrected chi connectivity index (χ3v) is 24.5. The first-order chi connectivity index (χ1) is 59.6. The van der Waals surface area contributed by atoms with Crippen molar-refractivity contribution in [3.05, 3.63) is 136 Å². The van der Waals surface area contributed by atoms with Crippen molar-refractivity contribution in [2.75, 3.05) is 66.2 Å². The maximum absolute atomic E-state index is 12.5. The van der Waals surface area contributed by atoms with Crippen molar-refractivity contribution in [1.29, 1.82) is 0 Å². The summed E-state index contributed by atoms with van der Waals surface area (Å²) in [6, 6.07) is 28.9. The standard InChI is InChI=1S/C20H22N4O.C19H23ClN4O3.C19H28N4O3.C18H26N4O2.C18H24N4/c1-13-5-3-6-15(11-13)12-18(25)23-20-22-17-10-9-14(2)21-19(17)24(20)16-7-4-8-16;20-16-7-5-13-18(22-16)24(11-2-1-3-11)19(21-13)23-17(25)8-9-26-15-10-12-4-6-14(15)27-12;1-13-7-8-15-17(20-13)23(14-6-5-10-25-12-14)18(21-15)22-16(24)9-11-26-19(2,3)4;1-12-7-8-14-16(19-12)22(13-6-5-9-24-11-13)17(20-14)21-15(23)10-18(2,3)4;1-12-9-10-16-17(19-12)22(15-7-4-8-15)18(21-16)20-13(2)11-14-5-3-6-14/h3,5-6,9-11,16H,4,7-8,12H2,1-2H3,(H,22,23,25);5,7,11-12,14-15H,1-4,6,8-10H2,(H,21,23,25);7-8,14H,5-6,9-12H2,1-4H3,(H,21,22,24);7-8,13H,5-6,9-11H2,1-4H3,(H,20,21,23);9-10,14-15H,2-8,11H2,1H3,(H,20,21)/t;12-,14+,15?;;;/m.0.../s1. The van der Waals surface area contributed by atoms with E-state index in [0.29, 0.717) is 98.9 Å². The number of hydrogen-bond acceptors (Lipinski definition) is 20. The number of halogens is 1. The van der Waals surface area contributed by atoms with Crippen LogP contribution in [0.4, 0.5) is 29.7 Å². The highest BCUT2D eigenvalue weighted by Gasteiger charge is 2.42. The monoisotopic (exact) mass is 1710 g/mol. The number of fused-ring (bicyclic) bond motifs is 7. The molecule has 660 valence electrons. The number of benzene rings is 1. The van der Waals surface area contributed by atoms with Gasteiger partial charge in [0, 0.05) is 72.7 Å². The summed E-state index contributed by atoms with van der Waals surface area (Å²) in [5, 5.41) is 15.8. The molecule has 14 heterocycles. The van der Waals surface area contributed by atoms with Gasteiger partial charge in [0.2, 0.25) is 53.4 Å². The van der Waals surface area contributed by atoms with E-state index in [0.717, 1.165) is 198 Å². The van der Waals surface area contributed by atoms with Gasteiger partial charge in [0.15, 0.2) is 28.2 Å². The molecular weight excluding hydrogens is 1590 g/mol. The number of pyridine rings is 5. The molecule has 0 spiro atoms. The Morgan fingerprint density at radius 2 is 0.871 bits per heavy atom. The van der Waals surface area contributed by atoms with E-state index in [2.05, 4.69) is 109 Å². The fourth-order valence-corrected chi connectivity index (χ4v) is 17.3. The third-order valence-electron chi connectivity index (χ3n) is 24.3. The Kier molecular flexibility index (Phi) is 28.3. The van der Waals surface area contributed by atoms with Gasteiger partial charge in [-0.05, 0) is 236 Å². The smallest absolute Gasteiger partial charge is 0.231 e. The van der Waals surface area contributed by atoms with Crippen LogP contribution in [-0.4, -0.2) is 160 Å². The van der Waals surface area contributed by atoms with Gasteiger partial charge >= 0.3 is 0 Å². The van der Waals surface area contributed by atoms with Crippen LogP contribution in [0.1, 0.15) is 253 Å². The van der Waals surface area contributed by atoms with Crippen molar-refractivity contribution in [2.45, 2.75) is 284 Å². The number of aryl methyl sites for hydroxylation is 5. The molecule has 29 nitrogen and oxygen atoms in total. The van der Waals surface area contributed by atoms with Crippen LogP contribution in [0.2, 0.25) is 5.15 Å². The predicted octanol–water partition coefficient (Wildman–Crippen LogP) is 18.7. The van der Waals surface area contributed by atoms with Gasteiger partial charge in [-0.25, -0.2) is 49.8 Å². The molecule has 11 aromatic rings. The van der Waals surface area contributed by atoms with Gasteiger partial charge in [0.1, 0.15) is 32.7 Å². The molecule has 3 unspecified atom stereocenters. The zero-order valence-corrected chi connectivity index (χ0v) is 74.7. The van der Waals surface area contributed by atoms with Crippen LogP contribution in [0, 0.1) is 46.0 Å². The molecule has 19 rings (SSSR count). The highest BCUT2D eigenvalue weighted by Crippen LogP contribution is 2.42. The van der Waals surface area contributed by atoms with E-state index in [9.17, 15) is 19.2 Å². The molecule has 0 radical (unpaired) electrons. The Labute approximate surface area is 730 Å². The number of rotatable bonds is 23. The second-order valence-electron chi connectivity index (χ2n) is 37.0. The Bertz CT molecular complexity index is 5610. The molecule has 4 aliphatic heterocycles. The molecule has 8 aliphatic rings. The SMILES string of the molecule is C=C(CC1CCC1)Nc1nc2ccc(C)nc2n1C1CCC1.Cc1ccc2nc(NC(=O)CC(C)(C)C)n(C3CCCOC3)c2n1.Cc1ccc2nc(NC(=O)CCOC(C)(C)C)n(C3CCCOC3)c2n1.Cc1cccc(CC(=O)Nc2nc3ccc(C)nc3n2C2CCC2)c1.O=C(CCOC1C[C@@H]2CC[C@H]1O2)Nc1nc2ccc(Cl)nc2n1C1CCC1. The molecule has 4 amide bonds. The highest BCUT2D eigenvalue weighted by molar-refractivity contribution is 6.29. The minimum atomic E-state index is -0.256. The van der Waals surface area contributed by atoms with E-state index in [1.807, 2.05) is 142 Å². The lowest BCUT2D eigenvalue weighted by molar-refractivity contribution is -0.119. The second-order valence-corrected chi connectivity index (χ2v) is 37.4. The molecule has 10 aromatic heterocycles. The molecule has 2 bridgehead atoms. The summed E-state index contributed by atoms with van der Waals surface area (Å²) in [4.78, 5) is 96.0. The van der Waals surface area contributed by atoms with E-state index in [1.165, 1.54) is 51.4 Å². The first kappa shape index (κ1) is 88.7. The van der Waals surface area contributed by atoms with Crippen molar-refractivity contribution < 1.29 is 42.9 Å². The average Bonchev–Trinajstić information content (AvgIpc) is 1.67. The normalized spacial score (nSPS) is 19.7. The number of imidazole rings is 5. The van der Waals surface area contributed by atoms with Crippen molar-refractivity contribution >= 4 is 121 Å². The number of aromatic nitrogens is 15. The minimum absolute atomic E-state index is 0.0208. The zero-order chi connectivity index (χ0) is 86.9. The molecule has 5 N–H and O–H groups in total. The number of carbonyl (C=O) groups excluding carboxylic acids is 4. The maximum atomic E-state index is 12.5. The number of nitrogens with one attached hydrogen (secondary N) is 5. The number of amides is 4. The Hall–Kier alpha value is -10.2. The number of nitrogens with zero attached hydrogens (tertiary/aromatic N) is 15. The minimum Gasteiger partial charge on any atom is -0.379 e. The van der Waals surface area contributed by atoms with Crippen LogP contribution in [0.5, 0.6) is 0 Å². The zero-order valence-electron chi connectivity index (χ0n) is 74.0. The predicted molar refractivity (Wildman–Crippen MR) is 484 cm³/mol. The van der Waals surface area contributed by atoms with Crippen molar-refractivity contribution in [3.63, 3.8) is 0 Å². The van der Waals surface area contributed by atoms with Crippen molar-refractivity contribution in [3.8, 4) is 0 Å². The molecule has 124 heavy (non-hydrogen) atoms. The van der Waals surface area contributed by atoms with Crippen LogP contribution >= 0.6 is 11.6 Å². The summed E-state index contributed by atoms with van der Waals surface area (Å²) in [5.41, 5.74) is 15.2. The Morgan fingerprint density at radius 3 is 1.26 bits per heavy atom. The van der Waals surface area contributed by atoms with Gasteiger partial charge in [0.25, 0.3) is 0 Å². The summed E-state index contributed by atoms with van der Waals surface area (Å²) in [5.74, 6) is 3.77. The second kappa shape index (κ2) is 39.6. The Balaban J connectivity index is 0.000000120. The topological polar surface area (TPSA) is 328 Å². The van der Waals surface area contributed by atoms with E-state index >= 15 is 0 Å².